The van der Waals surface area contributed by atoms with Crippen LogP contribution in [0.15, 0.2) is 18.2 Å². The molecule has 0 bridgehead atoms. The lowest BCUT2D eigenvalue weighted by Crippen LogP contribution is -2.47. The summed E-state index contributed by atoms with van der Waals surface area (Å²) in [5, 5.41) is 3.70. The summed E-state index contributed by atoms with van der Waals surface area (Å²) < 4.78 is 6.32. The van der Waals surface area contributed by atoms with E-state index >= 15 is 0 Å². The zero-order valence-corrected chi connectivity index (χ0v) is 13.6. The molecule has 112 valence electrons. The zero-order valence-electron chi connectivity index (χ0n) is 13.6. The van der Waals surface area contributed by atoms with E-state index in [2.05, 4.69) is 58.1 Å². The number of nitrogens with one attached hydrogen (secondary N) is 1. The van der Waals surface area contributed by atoms with E-state index in [0.717, 1.165) is 18.7 Å². The highest BCUT2D eigenvalue weighted by Crippen LogP contribution is 2.39. The average Bonchev–Trinajstić information content (AvgIpc) is 2.61. The summed E-state index contributed by atoms with van der Waals surface area (Å²) in [6, 6.07) is 6.94. The summed E-state index contributed by atoms with van der Waals surface area (Å²) in [5.41, 5.74) is 2.87. The SMILES string of the molecule is CCCNC1C(Oc2cc(C)cc(C)c2)CCC1(C)C. The van der Waals surface area contributed by atoms with Crippen molar-refractivity contribution in [2.45, 2.75) is 66.0 Å². The first-order valence-corrected chi connectivity index (χ1v) is 7.91. The van der Waals surface area contributed by atoms with Crippen LogP contribution in [0.25, 0.3) is 0 Å². The van der Waals surface area contributed by atoms with E-state index in [1.807, 2.05) is 0 Å². The minimum atomic E-state index is 0.290. The lowest BCUT2D eigenvalue weighted by molar-refractivity contribution is 0.140. The molecule has 0 amide bonds. The highest BCUT2D eigenvalue weighted by atomic mass is 16.5. The molecule has 0 radical (unpaired) electrons. The fraction of sp³-hybridized carbons (Fsp3) is 0.667. The summed E-state index contributed by atoms with van der Waals surface area (Å²) in [7, 11) is 0. The first-order chi connectivity index (χ1) is 9.42. The highest BCUT2D eigenvalue weighted by Gasteiger charge is 2.42. The molecule has 1 aliphatic carbocycles. The van der Waals surface area contributed by atoms with Crippen LogP contribution in [0.3, 0.4) is 0 Å². The summed E-state index contributed by atoms with van der Waals surface area (Å²) in [6.07, 6.45) is 3.83. The lowest BCUT2D eigenvalue weighted by Gasteiger charge is -2.31. The Kier molecular flexibility index (Phi) is 4.74. The summed E-state index contributed by atoms with van der Waals surface area (Å²) in [6.45, 7) is 12.3. The van der Waals surface area contributed by atoms with Gasteiger partial charge in [0, 0.05) is 6.04 Å². The van der Waals surface area contributed by atoms with Crippen molar-refractivity contribution in [3.63, 3.8) is 0 Å². The van der Waals surface area contributed by atoms with Crippen LogP contribution in [0.2, 0.25) is 0 Å². The molecular formula is C18H29NO. The van der Waals surface area contributed by atoms with Crippen LogP contribution in [0, 0.1) is 19.3 Å². The monoisotopic (exact) mass is 275 g/mol. The second kappa shape index (κ2) is 6.17. The third-order valence-corrected chi connectivity index (χ3v) is 4.38. The number of aryl methyl sites for hydroxylation is 2. The Labute approximate surface area is 123 Å². The van der Waals surface area contributed by atoms with Gasteiger partial charge in [-0.2, -0.15) is 0 Å². The molecule has 0 spiro atoms. The molecule has 0 aromatic heterocycles. The van der Waals surface area contributed by atoms with Crippen molar-refractivity contribution in [1.82, 2.24) is 5.32 Å². The molecule has 0 heterocycles. The predicted molar refractivity (Wildman–Crippen MR) is 85.4 cm³/mol. The van der Waals surface area contributed by atoms with Crippen LogP contribution in [-0.2, 0) is 0 Å². The lowest BCUT2D eigenvalue weighted by atomic mass is 9.87. The Morgan fingerprint density at radius 1 is 1.20 bits per heavy atom. The number of hydrogen-bond donors (Lipinski definition) is 1. The van der Waals surface area contributed by atoms with Gasteiger partial charge in [-0.25, -0.2) is 0 Å². The van der Waals surface area contributed by atoms with Gasteiger partial charge in [0.2, 0.25) is 0 Å². The zero-order chi connectivity index (χ0) is 14.8. The van der Waals surface area contributed by atoms with Gasteiger partial charge in [0.15, 0.2) is 0 Å². The predicted octanol–water partition coefficient (Wildman–Crippen LogP) is 4.24. The molecular weight excluding hydrogens is 246 g/mol. The van der Waals surface area contributed by atoms with E-state index in [4.69, 9.17) is 4.74 Å². The second-order valence-electron chi connectivity index (χ2n) is 6.94. The summed E-state index contributed by atoms with van der Waals surface area (Å²) in [4.78, 5) is 0. The van der Waals surface area contributed by atoms with Gasteiger partial charge < -0.3 is 10.1 Å². The van der Waals surface area contributed by atoms with Crippen molar-refractivity contribution in [3.8, 4) is 5.75 Å². The topological polar surface area (TPSA) is 21.3 Å². The van der Waals surface area contributed by atoms with E-state index in [9.17, 15) is 0 Å². The molecule has 1 N–H and O–H groups in total. The molecule has 2 heteroatoms. The Morgan fingerprint density at radius 2 is 1.85 bits per heavy atom. The first-order valence-electron chi connectivity index (χ1n) is 7.91. The fourth-order valence-corrected chi connectivity index (χ4v) is 3.35. The molecule has 2 unspecified atom stereocenters. The first kappa shape index (κ1) is 15.4. The van der Waals surface area contributed by atoms with Crippen molar-refractivity contribution in [3.05, 3.63) is 29.3 Å². The third kappa shape index (κ3) is 3.54. The number of benzene rings is 1. The maximum Gasteiger partial charge on any atom is 0.120 e. The molecule has 2 atom stereocenters. The molecule has 0 saturated heterocycles. The quantitative estimate of drug-likeness (QED) is 0.868. The van der Waals surface area contributed by atoms with Crippen LogP contribution in [0.1, 0.15) is 51.2 Å². The standard InChI is InChI=1S/C18H29NO/c1-6-9-19-17-16(7-8-18(17,4)5)20-15-11-13(2)10-14(3)12-15/h10-12,16-17,19H,6-9H2,1-5H3. The van der Waals surface area contributed by atoms with Gasteiger partial charge in [0.05, 0.1) is 0 Å². The van der Waals surface area contributed by atoms with Crippen LogP contribution < -0.4 is 10.1 Å². The minimum absolute atomic E-state index is 0.290. The van der Waals surface area contributed by atoms with Gasteiger partial charge in [-0.15, -0.1) is 0 Å². The van der Waals surface area contributed by atoms with E-state index < -0.39 is 0 Å². The van der Waals surface area contributed by atoms with E-state index in [0.29, 0.717) is 11.5 Å². The summed E-state index contributed by atoms with van der Waals surface area (Å²) in [5.74, 6) is 1.02. The maximum atomic E-state index is 6.32. The van der Waals surface area contributed by atoms with Crippen molar-refractivity contribution in [2.75, 3.05) is 6.54 Å². The molecule has 1 saturated carbocycles. The van der Waals surface area contributed by atoms with E-state index in [1.165, 1.54) is 24.0 Å². The van der Waals surface area contributed by atoms with Crippen LogP contribution >= 0.6 is 0 Å². The van der Waals surface area contributed by atoms with Gasteiger partial charge in [0.25, 0.3) is 0 Å². The van der Waals surface area contributed by atoms with E-state index in [-0.39, 0.29) is 6.10 Å². The smallest absolute Gasteiger partial charge is 0.120 e. The van der Waals surface area contributed by atoms with Crippen molar-refractivity contribution in [1.29, 1.82) is 0 Å². The molecule has 1 aromatic rings. The highest BCUT2D eigenvalue weighted by molar-refractivity contribution is 5.33. The largest absolute Gasteiger partial charge is 0.489 e. The van der Waals surface area contributed by atoms with Crippen molar-refractivity contribution >= 4 is 0 Å². The third-order valence-electron chi connectivity index (χ3n) is 4.38. The van der Waals surface area contributed by atoms with Gasteiger partial charge in [-0.05, 0) is 68.3 Å². The second-order valence-corrected chi connectivity index (χ2v) is 6.94. The van der Waals surface area contributed by atoms with Gasteiger partial charge in [-0.1, -0.05) is 26.8 Å². The maximum absolute atomic E-state index is 6.32. The van der Waals surface area contributed by atoms with Gasteiger partial charge in [0.1, 0.15) is 11.9 Å². The van der Waals surface area contributed by atoms with E-state index in [1.54, 1.807) is 0 Å². The molecule has 0 aliphatic heterocycles. The fourth-order valence-electron chi connectivity index (χ4n) is 3.35. The Hall–Kier alpha value is -1.02. The summed E-state index contributed by atoms with van der Waals surface area (Å²) >= 11 is 0. The van der Waals surface area contributed by atoms with Crippen molar-refractivity contribution < 1.29 is 4.74 Å². The number of ether oxygens (including phenoxy) is 1. The Balaban J connectivity index is 2.10. The van der Waals surface area contributed by atoms with Gasteiger partial charge in [-0.3, -0.25) is 0 Å². The Morgan fingerprint density at radius 3 is 2.45 bits per heavy atom. The molecule has 1 fully saturated rings. The van der Waals surface area contributed by atoms with Gasteiger partial charge >= 0.3 is 0 Å². The molecule has 20 heavy (non-hydrogen) atoms. The minimum Gasteiger partial charge on any atom is -0.489 e. The molecule has 2 nitrogen and oxygen atoms in total. The number of hydrogen-bond acceptors (Lipinski definition) is 2. The average molecular weight is 275 g/mol. The van der Waals surface area contributed by atoms with Crippen molar-refractivity contribution in [2.24, 2.45) is 5.41 Å². The molecule has 1 aromatic carbocycles. The Bertz CT molecular complexity index is 432. The number of rotatable bonds is 5. The molecule has 2 rings (SSSR count). The van der Waals surface area contributed by atoms with Crippen LogP contribution in [0.4, 0.5) is 0 Å². The van der Waals surface area contributed by atoms with Crippen LogP contribution in [-0.4, -0.2) is 18.7 Å². The van der Waals surface area contributed by atoms with Crippen LogP contribution in [0.5, 0.6) is 5.75 Å². The molecule has 1 aliphatic rings. The normalized spacial score (nSPS) is 24.9.